The highest BCUT2D eigenvalue weighted by molar-refractivity contribution is 5.99. The number of allylic oxidation sites excluding steroid dienone is 2. The fourth-order valence-electron chi connectivity index (χ4n) is 10.7. The van der Waals surface area contributed by atoms with E-state index in [-0.39, 0.29) is 49.9 Å². The molecule has 492 valence electrons. The van der Waals surface area contributed by atoms with Crippen molar-refractivity contribution < 1.29 is 63.0 Å². The monoisotopic (exact) mass is 1220 g/mol. The topological polar surface area (TPSA) is 299 Å². The molecule has 2 unspecified atom stereocenters. The molecule has 0 radical (unpaired) electrons. The van der Waals surface area contributed by atoms with Gasteiger partial charge in [0.1, 0.15) is 60.4 Å². The number of hydrogen-bond donors (Lipinski definition) is 6. The number of aliphatic hydroxyl groups is 2. The number of rotatable bonds is 15. The summed E-state index contributed by atoms with van der Waals surface area (Å²) in [4.78, 5) is 168. The maximum Gasteiger partial charge on any atom is 0.246 e. The number of nitrogens with zero attached hydrogens (tertiary/aromatic N) is 7. The molecular formula is C62H111N11O13. The van der Waals surface area contributed by atoms with Crippen molar-refractivity contribution in [3.8, 4) is 0 Å². The van der Waals surface area contributed by atoms with Crippen LogP contribution in [0.3, 0.4) is 0 Å². The van der Waals surface area contributed by atoms with Gasteiger partial charge >= 0.3 is 0 Å². The smallest absolute Gasteiger partial charge is 0.246 e. The molecule has 24 heteroatoms. The number of carbonyl (C=O) groups excluding carboxylic acids is 11. The fourth-order valence-corrected chi connectivity index (χ4v) is 10.7. The third-order valence-electron chi connectivity index (χ3n) is 16.1. The Balaban J connectivity index is 4.35. The van der Waals surface area contributed by atoms with Gasteiger partial charge in [-0.15, -0.1) is 0 Å². The first-order chi connectivity index (χ1) is 39.5. The highest BCUT2D eigenvalue weighted by Gasteiger charge is 2.46. The lowest BCUT2D eigenvalue weighted by atomic mass is 9.91. The van der Waals surface area contributed by atoms with Crippen LogP contribution >= 0.6 is 0 Å². The Bertz CT molecular complexity index is 2370. The number of hydrogen-bond acceptors (Lipinski definition) is 13. The summed E-state index contributed by atoms with van der Waals surface area (Å²) in [5.74, 6) is -10.3. The van der Waals surface area contributed by atoms with E-state index in [9.17, 15) is 53.4 Å². The third kappa shape index (κ3) is 21.9. The van der Waals surface area contributed by atoms with Gasteiger partial charge in [-0.05, 0) is 102 Å². The first-order valence-electron chi connectivity index (χ1n) is 30.6. The molecule has 86 heavy (non-hydrogen) atoms. The van der Waals surface area contributed by atoms with Crippen molar-refractivity contribution in [2.45, 2.75) is 228 Å². The molecule has 0 bridgehead atoms. The molecule has 1 aliphatic rings. The van der Waals surface area contributed by atoms with Crippen molar-refractivity contribution in [1.82, 2.24) is 55.6 Å². The summed E-state index contributed by atoms with van der Waals surface area (Å²) in [6.45, 7) is 28.1. The summed E-state index contributed by atoms with van der Waals surface area (Å²) in [6, 6.07) is -12.9. The quantitative estimate of drug-likeness (QED) is 0.129. The molecule has 11 amide bonds. The van der Waals surface area contributed by atoms with E-state index >= 15 is 9.59 Å². The molecule has 1 heterocycles. The summed E-state index contributed by atoms with van der Waals surface area (Å²) in [5.41, 5.74) is -1.55. The zero-order valence-corrected chi connectivity index (χ0v) is 56.4. The van der Waals surface area contributed by atoms with Crippen LogP contribution in [0.4, 0.5) is 0 Å². The van der Waals surface area contributed by atoms with Crippen molar-refractivity contribution in [1.29, 1.82) is 0 Å². The van der Waals surface area contributed by atoms with Crippen molar-refractivity contribution in [2.24, 2.45) is 35.5 Å². The fraction of sp³-hybridized carbons (Fsp3) is 0.790. The van der Waals surface area contributed by atoms with Gasteiger partial charge in [0.25, 0.3) is 0 Å². The maximum atomic E-state index is 15.1. The maximum absolute atomic E-state index is 15.1. The average molecular weight is 1220 g/mol. The molecule has 6 N–H and O–H groups in total. The normalized spacial score (nSPS) is 26.9. The Kier molecular flexibility index (Phi) is 31.1. The van der Waals surface area contributed by atoms with Gasteiger partial charge in [0, 0.05) is 55.8 Å². The molecule has 1 saturated heterocycles. The highest BCUT2D eigenvalue weighted by Crippen LogP contribution is 2.26. The molecular weight excluding hydrogens is 1110 g/mol. The van der Waals surface area contributed by atoms with Crippen molar-refractivity contribution in [3.63, 3.8) is 0 Å². The largest absolute Gasteiger partial charge is 0.390 e. The molecule has 0 aromatic rings. The van der Waals surface area contributed by atoms with Gasteiger partial charge < -0.3 is 65.8 Å². The SMILES string of the molecule is C/C=C/CC(C)C(O)[C@H]1C(=O)N[C@@H](CC)C(=O)N(C)CC(=O)N(C)[C@@H](CC(C)(C)O)C(=O)N[C@@H](C(C)C)C(=O)N(C)[C@@H](CC(C)C)C(=O)N[C@@H](C)C(=O)N[C@H](C)C(=O)N(C)[C@@H](CC(C)C)C(=O)N(C)[C@@H](CC(C)C)C(=O)N(C)[C@@H](C(C)C)C(=O)N1C. The number of aliphatic hydroxyl groups excluding tert-OH is 1. The van der Waals surface area contributed by atoms with E-state index in [4.69, 9.17) is 0 Å². The van der Waals surface area contributed by atoms with Crippen LogP contribution in [0.25, 0.3) is 0 Å². The van der Waals surface area contributed by atoms with Crippen LogP contribution in [0.2, 0.25) is 0 Å². The van der Waals surface area contributed by atoms with Gasteiger partial charge in [0.05, 0.1) is 18.2 Å². The second-order valence-corrected chi connectivity index (χ2v) is 26.5. The zero-order valence-electron chi connectivity index (χ0n) is 56.4. The Labute approximate surface area is 513 Å². The summed E-state index contributed by atoms with van der Waals surface area (Å²) in [6.07, 6.45) is 2.40. The minimum absolute atomic E-state index is 0.0135. The minimum atomic E-state index is -1.64. The molecule has 0 aromatic carbocycles. The van der Waals surface area contributed by atoms with Gasteiger partial charge in [-0.1, -0.05) is 95.2 Å². The Morgan fingerprint density at radius 2 is 0.953 bits per heavy atom. The van der Waals surface area contributed by atoms with Crippen LogP contribution in [-0.4, -0.2) is 237 Å². The lowest BCUT2D eigenvalue weighted by Gasteiger charge is -2.41. The Morgan fingerprint density at radius 3 is 1.41 bits per heavy atom. The molecule has 12 atom stereocenters. The van der Waals surface area contributed by atoms with Crippen molar-refractivity contribution in [2.75, 3.05) is 55.9 Å². The van der Waals surface area contributed by atoms with Crippen LogP contribution in [0.5, 0.6) is 0 Å². The molecule has 24 nitrogen and oxygen atoms in total. The molecule has 1 fully saturated rings. The molecule has 0 aliphatic carbocycles. The van der Waals surface area contributed by atoms with E-state index in [1.54, 1.807) is 60.6 Å². The second kappa shape index (κ2) is 34.4. The standard InChI is InChI=1S/C62H111N11O13/c1-25-27-28-39(13)51(75)50-55(79)65-42(26-2)57(81)67(18)33-47(74)68(19)46(32-62(16,17)86)54(78)66-48(37(9)10)60(84)69(20)43(29-34(3)4)53(77)63-40(14)52(76)64-41(15)56(80)70(21)44(30-35(5)6)58(82)71(22)45(31-36(7)8)59(83)72(23)49(38(11)12)61(85)73(50)24/h25,27,34-46,48-51,75,86H,26,28-33H2,1-24H3,(H,63,77)(H,64,76)(H,65,79)(H,66,78)/b27-25+/t39?,40-,41+,42-,43-,44-,45-,46-,48-,49-,50-,51?/m0/s1. The zero-order chi connectivity index (χ0) is 66.9. The van der Waals surface area contributed by atoms with E-state index in [0.717, 1.165) is 14.7 Å². The van der Waals surface area contributed by atoms with Crippen molar-refractivity contribution in [3.05, 3.63) is 12.2 Å². The predicted molar refractivity (Wildman–Crippen MR) is 330 cm³/mol. The van der Waals surface area contributed by atoms with Crippen molar-refractivity contribution >= 4 is 65.0 Å². The molecule has 1 rings (SSSR count). The Morgan fingerprint density at radius 1 is 0.512 bits per heavy atom. The van der Waals surface area contributed by atoms with Crippen LogP contribution in [0.15, 0.2) is 12.2 Å². The van der Waals surface area contributed by atoms with Crippen LogP contribution in [0, 0.1) is 35.5 Å². The first kappa shape index (κ1) is 77.8. The lowest BCUT2D eigenvalue weighted by molar-refractivity contribution is -0.157. The van der Waals surface area contributed by atoms with E-state index in [1.165, 1.54) is 96.6 Å². The molecule has 1 aliphatic heterocycles. The highest BCUT2D eigenvalue weighted by atomic mass is 16.3. The Hall–Kier alpha value is -6.17. The number of carbonyl (C=O) groups is 11. The van der Waals surface area contributed by atoms with Crippen LogP contribution in [0.1, 0.15) is 156 Å². The lowest BCUT2D eigenvalue weighted by Crippen LogP contribution is -2.63. The van der Waals surface area contributed by atoms with Gasteiger partial charge in [-0.2, -0.15) is 0 Å². The van der Waals surface area contributed by atoms with E-state index < -0.39 is 161 Å². The van der Waals surface area contributed by atoms with Gasteiger partial charge in [-0.3, -0.25) is 52.7 Å². The second-order valence-electron chi connectivity index (χ2n) is 26.5. The molecule has 0 spiro atoms. The first-order valence-corrected chi connectivity index (χ1v) is 30.6. The average Bonchev–Trinajstić information content (AvgIpc) is 3.54. The molecule has 0 saturated carbocycles. The number of likely N-dealkylation sites (N-methyl/N-ethyl adjacent to an activating group) is 7. The van der Waals surface area contributed by atoms with E-state index in [0.29, 0.717) is 6.42 Å². The third-order valence-corrected chi connectivity index (χ3v) is 16.1. The van der Waals surface area contributed by atoms with Crippen LogP contribution < -0.4 is 21.3 Å². The van der Waals surface area contributed by atoms with E-state index in [1.807, 2.05) is 41.5 Å². The number of amides is 11. The summed E-state index contributed by atoms with van der Waals surface area (Å²) >= 11 is 0. The predicted octanol–water partition coefficient (Wildman–Crippen LogP) is 2.38. The number of nitrogens with one attached hydrogen (secondary N) is 4. The summed E-state index contributed by atoms with van der Waals surface area (Å²) < 4.78 is 0. The minimum Gasteiger partial charge on any atom is -0.390 e. The van der Waals surface area contributed by atoms with Gasteiger partial charge in [-0.25, -0.2) is 0 Å². The van der Waals surface area contributed by atoms with Crippen LogP contribution in [-0.2, 0) is 52.7 Å². The summed E-state index contributed by atoms with van der Waals surface area (Å²) in [5, 5.41) is 34.0. The molecule has 0 aromatic heterocycles. The van der Waals surface area contributed by atoms with E-state index in [2.05, 4.69) is 21.3 Å². The van der Waals surface area contributed by atoms with Gasteiger partial charge in [0.15, 0.2) is 0 Å². The van der Waals surface area contributed by atoms with Gasteiger partial charge in [0.2, 0.25) is 65.0 Å². The summed E-state index contributed by atoms with van der Waals surface area (Å²) in [7, 11) is 9.67.